The van der Waals surface area contributed by atoms with Crippen LogP contribution in [-0.2, 0) is 25.9 Å². The SMILES string of the molecule is C=CCn1c2c(ccc1=O)CC(NC(=O)NCc1ccccc1)CC2. The summed E-state index contributed by atoms with van der Waals surface area (Å²) in [6.07, 6.45) is 4.09. The first-order valence-corrected chi connectivity index (χ1v) is 8.58. The number of urea groups is 1. The maximum Gasteiger partial charge on any atom is 0.315 e. The van der Waals surface area contributed by atoms with Crippen molar-refractivity contribution in [2.45, 2.75) is 38.4 Å². The number of carbonyl (C=O) groups excluding carboxylic acids is 1. The molecular formula is C20H23N3O2. The molecule has 25 heavy (non-hydrogen) atoms. The minimum atomic E-state index is -0.156. The zero-order chi connectivity index (χ0) is 17.6. The van der Waals surface area contributed by atoms with E-state index in [1.165, 1.54) is 0 Å². The highest BCUT2D eigenvalue weighted by Gasteiger charge is 2.22. The average Bonchev–Trinajstić information content (AvgIpc) is 2.63. The molecule has 0 radical (unpaired) electrons. The Morgan fingerprint density at radius 2 is 2.04 bits per heavy atom. The summed E-state index contributed by atoms with van der Waals surface area (Å²) < 4.78 is 1.77. The molecule has 0 bridgehead atoms. The molecule has 1 atom stereocenters. The summed E-state index contributed by atoms with van der Waals surface area (Å²) in [6.45, 7) is 4.76. The van der Waals surface area contributed by atoms with Crippen LogP contribution in [0.4, 0.5) is 4.79 Å². The predicted molar refractivity (Wildman–Crippen MR) is 98.5 cm³/mol. The van der Waals surface area contributed by atoms with Crippen LogP contribution in [0.1, 0.15) is 23.2 Å². The van der Waals surface area contributed by atoms with E-state index in [4.69, 9.17) is 0 Å². The molecule has 1 unspecified atom stereocenters. The Morgan fingerprint density at radius 3 is 2.80 bits per heavy atom. The molecule has 1 aromatic heterocycles. The lowest BCUT2D eigenvalue weighted by molar-refractivity contribution is 0.235. The van der Waals surface area contributed by atoms with Gasteiger partial charge in [-0.3, -0.25) is 4.79 Å². The third kappa shape index (κ3) is 4.18. The highest BCUT2D eigenvalue weighted by atomic mass is 16.2. The van der Waals surface area contributed by atoms with Crippen molar-refractivity contribution >= 4 is 6.03 Å². The number of hydrogen-bond donors (Lipinski definition) is 2. The van der Waals surface area contributed by atoms with Gasteiger partial charge >= 0.3 is 6.03 Å². The Hall–Kier alpha value is -2.82. The summed E-state index contributed by atoms with van der Waals surface area (Å²) in [5.74, 6) is 0. The first-order valence-electron chi connectivity index (χ1n) is 8.58. The second-order valence-electron chi connectivity index (χ2n) is 6.30. The van der Waals surface area contributed by atoms with E-state index >= 15 is 0 Å². The van der Waals surface area contributed by atoms with Crippen molar-refractivity contribution in [2.75, 3.05) is 0 Å². The van der Waals surface area contributed by atoms with Crippen LogP contribution in [-0.4, -0.2) is 16.6 Å². The van der Waals surface area contributed by atoms with Gasteiger partial charge in [0.05, 0.1) is 0 Å². The van der Waals surface area contributed by atoms with Gasteiger partial charge in [0.2, 0.25) is 0 Å². The molecule has 0 spiro atoms. The summed E-state index contributed by atoms with van der Waals surface area (Å²) in [4.78, 5) is 24.1. The van der Waals surface area contributed by atoms with E-state index in [-0.39, 0.29) is 17.6 Å². The Kier molecular flexibility index (Phi) is 5.33. The maximum absolute atomic E-state index is 12.1. The number of pyridine rings is 1. The Bertz CT molecular complexity index is 811. The third-order valence-corrected chi connectivity index (χ3v) is 4.53. The normalized spacial score (nSPS) is 15.9. The van der Waals surface area contributed by atoms with Gasteiger partial charge in [-0.15, -0.1) is 6.58 Å². The van der Waals surface area contributed by atoms with Gasteiger partial charge in [-0.2, -0.15) is 0 Å². The molecule has 2 N–H and O–H groups in total. The van der Waals surface area contributed by atoms with Crippen LogP contribution in [0.2, 0.25) is 0 Å². The van der Waals surface area contributed by atoms with Crippen molar-refractivity contribution in [3.63, 3.8) is 0 Å². The fraction of sp³-hybridized carbons (Fsp3) is 0.300. The zero-order valence-electron chi connectivity index (χ0n) is 14.2. The van der Waals surface area contributed by atoms with Gasteiger partial charge in [0.1, 0.15) is 0 Å². The van der Waals surface area contributed by atoms with Crippen LogP contribution in [0.3, 0.4) is 0 Å². The monoisotopic (exact) mass is 337 g/mol. The van der Waals surface area contributed by atoms with Crippen LogP contribution < -0.4 is 16.2 Å². The van der Waals surface area contributed by atoms with Crippen LogP contribution >= 0.6 is 0 Å². The topological polar surface area (TPSA) is 63.1 Å². The van der Waals surface area contributed by atoms with E-state index in [1.807, 2.05) is 36.4 Å². The molecule has 3 rings (SSSR count). The molecule has 5 nitrogen and oxygen atoms in total. The van der Waals surface area contributed by atoms with Gasteiger partial charge in [-0.25, -0.2) is 4.79 Å². The van der Waals surface area contributed by atoms with Crippen molar-refractivity contribution in [3.8, 4) is 0 Å². The van der Waals surface area contributed by atoms with Gasteiger partial charge in [0.25, 0.3) is 5.56 Å². The van der Waals surface area contributed by atoms with E-state index in [0.717, 1.165) is 36.1 Å². The molecule has 0 fully saturated rings. The molecule has 130 valence electrons. The van der Waals surface area contributed by atoms with Gasteiger partial charge < -0.3 is 15.2 Å². The molecule has 2 aromatic rings. The molecule has 2 amide bonds. The van der Waals surface area contributed by atoms with E-state index in [2.05, 4.69) is 17.2 Å². The maximum atomic E-state index is 12.1. The zero-order valence-corrected chi connectivity index (χ0v) is 14.2. The average molecular weight is 337 g/mol. The fourth-order valence-electron chi connectivity index (χ4n) is 3.29. The lowest BCUT2D eigenvalue weighted by atomic mass is 9.91. The molecule has 5 heteroatoms. The molecule has 1 aromatic carbocycles. The van der Waals surface area contributed by atoms with Crippen molar-refractivity contribution in [2.24, 2.45) is 0 Å². The molecule has 0 saturated heterocycles. The summed E-state index contributed by atoms with van der Waals surface area (Å²) in [5.41, 5.74) is 3.27. The summed E-state index contributed by atoms with van der Waals surface area (Å²) in [6, 6.07) is 13.2. The Morgan fingerprint density at radius 1 is 1.24 bits per heavy atom. The number of carbonyl (C=O) groups is 1. The van der Waals surface area contributed by atoms with Gasteiger partial charge in [0.15, 0.2) is 0 Å². The quantitative estimate of drug-likeness (QED) is 0.823. The second kappa shape index (κ2) is 7.83. The lowest BCUT2D eigenvalue weighted by Crippen LogP contribution is -2.45. The van der Waals surface area contributed by atoms with E-state index < -0.39 is 0 Å². The largest absolute Gasteiger partial charge is 0.335 e. The minimum absolute atomic E-state index is 0.00524. The number of aromatic nitrogens is 1. The number of nitrogens with zero attached hydrogens (tertiary/aromatic N) is 1. The van der Waals surface area contributed by atoms with Gasteiger partial charge in [-0.1, -0.05) is 42.5 Å². The highest BCUT2D eigenvalue weighted by Crippen LogP contribution is 2.20. The number of nitrogens with one attached hydrogen (secondary N) is 2. The molecule has 0 saturated carbocycles. The highest BCUT2D eigenvalue weighted by molar-refractivity contribution is 5.74. The van der Waals surface area contributed by atoms with E-state index in [1.54, 1.807) is 16.7 Å². The Balaban J connectivity index is 1.59. The van der Waals surface area contributed by atoms with Crippen molar-refractivity contribution in [1.82, 2.24) is 15.2 Å². The summed E-state index contributed by atoms with van der Waals surface area (Å²) >= 11 is 0. The van der Waals surface area contributed by atoms with Gasteiger partial charge in [-0.05, 0) is 30.4 Å². The number of fused-ring (bicyclic) bond motifs is 1. The van der Waals surface area contributed by atoms with E-state index in [9.17, 15) is 9.59 Å². The third-order valence-electron chi connectivity index (χ3n) is 4.53. The van der Waals surface area contributed by atoms with Crippen molar-refractivity contribution in [1.29, 1.82) is 0 Å². The van der Waals surface area contributed by atoms with E-state index in [0.29, 0.717) is 13.1 Å². The van der Waals surface area contributed by atoms with Crippen molar-refractivity contribution < 1.29 is 4.79 Å². The van der Waals surface area contributed by atoms with Crippen LogP contribution in [0, 0.1) is 0 Å². The number of allylic oxidation sites excluding steroid dienone is 1. The molecular weight excluding hydrogens is 314 g/mol. The standard InChI is InChI=1S/C20H23N3O2/c1-2-12-23-18-10-9-17(13-16(18)8-11-19(23)24)22-20(25)21-14-15-6-4-3-5-7-15/h2-8,11,17H,1,9-10,12-14H2,(H2,21,22,25). The first kappa shape index (κ1) is 17.0. The Labute approximate surface area is 147 Å². The van der Waals surface area contributed by atoms with Crippen LogP contribution in [0.5, 0.6) is 0 Å². The number of rotatable bonds is 5. The first-order chi connectivity index (χ1) is 12.2. The lowest BCUT2D eigenvalue weighted by Gasteiger charge is -2.27. The summed E-state index contributed by atoms with van der Waals surface area (Å²) in [5, 5.41) is 5.93. The van der Waals surface area contributed by atoms with Crippen molar-refractivity contribution in [3.05, 3.63) is 82.3 Å². The fourth-order valence-corrected chi connectivity index (χ4v) is 3.29. The number of amides is 2. The molecule has 1 heterocycles. The predicted octanol–water partition coefficient (Wildman–Crippen LogP) is 2.39. The number of benzene rings is 1. The molecule has 1 aliphatic rings. The number of hydrogen-bond acceptors (Lipinski definition) is 2. The van der Waals surface area contributed by atoms with Crippen LogP contribution in [0.15, 0.2) is 59.9 Å². The second-order valence-corrected chi connectivity index (χ2v) is 6.30. The molecule has 0 aliphatic heterocycles. The molecule has 1 aliphatic carbocycles. The smallest absolute Gasteiger partial charge is 0.315 e. The van der Waals surface area contributed by atoms with Crippen LogP contribution in [0.25, 0.3) is 0 Å². The minimum Gasteiger partial charge on any atom is -0.335 e. The summed E-state index contributed by atoms with van der Waals surface area (Å²) in [7, 11) is 0. The van der Waals surface area contributed by atoms with Gasteiger partial charge in [0, 0.05) is 30.9 Å².